The van der Waals surface area contributed by atoms with E-state index in [0.717, 1.165) is 44.2 Å². The Balaban J connectivity index is 1.56. The van der Waals surface area contributed by atoms with Crippen molar-refractivity contribution in [3.05, 3.63) is 47.9 Å². The summed E-state index contributed by atoms with van der Waals surface area (Å²) in [7, 11) is 1.34. The highest BCUT2D eigenvalue weighted by Crippen LogP contribution is 2.26. The Bertz CT molecular complexity index is 675. The smallest absolute Gasteiger partial charge is 0.373 e. The van der Waals surface area contributed by atoms with Gasteiger partial charge in [0.25, 0.3) is 0 Å². The topological polar surface area (TPSA) is 67.4 Å². The van der Waals surface area contributed by atoms with Gasteiger partial charge in [0.1, 0.15) is 12.3 Å². The second-order valence-corrected chi connectivity index (χ2v) is 5.66. The van der Waals surface area contributed by atoms with Gasteiger partial charge in [-0.2, -0.15) is 0 Å². The molecule has 0 radical (unpaired) electrons. The van der Waals surface area contributed by atoms with E-state index < -0.39 is 5.97 Å². The molecule has 6 heteroatoms. The zero-order valence-corrected chi connectivity index (χ0v) is 13.1. The second-order valence-electron chi connectivity index (χ2n) is 5.66. The molecule has 0 atom stereocenters. The monoisotopic (exact) mass is 317 g/mol. The van der Waals surface area contributed by atoms with Crippen LogP contribution in [-0.4, -0.2) is 44.4 Å². The number of nitrogens with zero attached hydrogens (tertiary/aromatic N) is 1. The summed E-state index contributed by atoms with van der Waals surface area (Å²) in [5, 5.41) is 9.93. The lowest BCUT2D eigenvalue weighted by molar-refractivity contribution is -0.915. The number of anilines is 1. The van der Waals surface area contributed by atoms with Crippen LogP contribution in [0.5, 0.6) is 5.75 Å². The van der Waals surface area contributed by atoms with Crippen LogP contribution < -0.4 is 9.80 Å². The first-order valence-corrected chi connectivity index (χ1v) is 7.71. The fourth-order valence-corrected chi connectivity index (χ4v) is 2.90. The number of methoxy groups -OCH3 is 1. The standard InChI is InChI=1S/C17H20N2O4/c1-22-17(21)16-7-6-13(23-16)12-18-8-10-19(11-9-18)14-4-2-3-5-15(14)20/h2-7,20H,8-12H2,1H3/p+1. The third kappa shape index (κ3) is 3.48. The molecule has 6 nitrogen and oxygen atoms in total. The molecule has 1 saturated heterocycles. The Morgan fingerprint density at radius 3 is 2.70 bits per heavy atom. The summed E-state index contributed by atoms with van der Waals surface area (Å²) in [6, 6.07) is 10.9. The van der Waals surface area contributed by atoms with Crippen LogP contribution in [0.15, 0.2) is 40.8 Å². The summed E-state index contributed by atoms with van der Waals surface area (Å²) < 4.78 is 10.2. The van der Waals surface area contributed by atoms with Crippen LogP contribution in [0.2, 0.25) is 0 Å². The number of hydrogen-bond acceptors (Lipinski definition) is 5. The second kappa shape index (κ2) is 6.75. The zero-order chi connectivity index (χ0) is 16.2. The van der Waals surface area contributed by atoms with E-state index in [1.807, 2.05) is 24.3 Å². The van der Waals surface area contributed by atoms with Crippen LogP contribution in [0.25, 0.3) is 0 Å². The third-order valence-corrected chi connectivity index (χ3v) is 4.17. The van der Waals surface area contributed by atoms with Crippen LogP contribution in [0.1, 0.15) is 16.3 Å². The van der Waals surface area contributed by atoms with E-state index in [4.69, 9.17) is 4.42 Å². The number of para-hydroxylation sites is 2. The lowest BCUT2D eigenvalue weighted by atomic mass is 10.2. The van der Waals surface area contributed by atoms with E-state index in [1.165, 1.54) is 12.0 Å². The van der Waals surface area contributed by atoms with Gasteiger partial charge >= 0.3 is 5.97 Å². The van der Waals surface area contributed by atoms with Gasteiger partial charge in [0, 0.05) is 0 Å². The molecule has 1 aliphatic heterocycles. The number of esters is 1. The summed E-state index contributed by atoms with van der Waals surface area (Å²) in [4.78, 5) is 15.0. The molecule has 0 bridgehead atoms. The molecule has 122 valence electrons. The third-order valence-electron chi connectivity index (χ3n) is 4.17. The average molecular weight is 317 g/mol. The number of piperazine rings is 1. The number of carbonyl (C=O) groups excluding carboxylic acids is 1. The van der Waals surface area contributed by atoms with Crippen molar-refractivity contribution in [2.24, 2.45) is 0 Å². The highest BCUT2D eigenvalue weighted by atomic mass is 16.5. The Hall–Kier alpha value is -2.47. The van der Waals surface area contributed by atoms with Crippen molar-refractivity contribution >= 4 is 11.7 Å². The van der Waals surface area contributed by atoms with Crippen molar-refractivity contribution in [3.8, 4) is 5.75 Å². The molecule has 0 unspecified atom stereocenters. The first-order valence-electron chi connectivity index (χ1n) is 7.71. The van der Waals surface area contributed by atoms with Crippen molar-refractivity contribution < 1.29 is 24.0 Å². The Morgan fingerprint density at radius 2 is 2.00 bits per heavy atom. The van der Waals surface area contributed by atoms with Crippen molar-refractivity contribution in [3.63, 3.8) is 0 Å². The van der Waals surface area contributed by atoms with Crippen molar-refractivity contribution in [1.29, 1.82) is 0 Å². The van der Waals surface area contributed by atoms with Crippen LogP contribution in [-0.2, 0) is 11.3 Å². The Labute approximate surface area is 134 Å². The average Bonchev–Trinajstić information content (AvgIpc) is 3.04. The number of aromatic hydroxyl groups is 1. The number of rotatable bonds is 4. The van der Waals surface area contributed by atoms with Crippen molar-refractivity contribution in [2.75, 3.05) is 38.2 Å². The van der Waals surface area contributed by atoms with E-state index in [2.05, 4.69) is 9.64 Å². The number of furan rings is 1. The highest BCUT2D eigenvalue weighted by molar-refractivity contribution is 5.86. The summed E-state index contributed by atoms with van der Waals surface area (Å²) in [5.41, 5.74) is 0.887. The van der Waals surface area contributed by atoms with Gasteiger partial charge in [0.05, 0.1) is 39.0 Å². The lowest BCUT2D eigenvalue weighted by Crippen LogP contribution is -3.13. The first-order chi connectivity index (χ1) is 11.2. The maximum atomic E-state index is 11.4. The van der Waals surface area contributed by atoms with E-state index in [1.54, 1.807) is 12.1 Å². The van der Waals surface area contributed by atoms with E-state index in [0.29, 0.717) is 5.75 Å². The molecule has 1 aromatic heterocycles. The summed E-state index contributed by atoms with van der Waals surface area (Å²) in [6.45, 7) is 4.38. The van der Waals surface area contributed by atoms with Gasteiger partial charge in [-0.1, -0.05) is 12.1 Å². The maximum Gasteiger partial charge on any atom is 0.373 e. The van der Waals surface area contributed by atoms with Gasteiger partial charge in [-0.3, -0.25) is 0 Å². The fraction of sp³-hybridized carbons (Fsp3) is 0.353. The fourth-order valence-electron chi connectivity index (χ4n) is 2.90. The molecule has 3 rings (SSSR count). The van der Waals surface area contributed by atoms with Gasteiger partial charge in [-0.25, -0.2) is 4.79 Å². The number of carbonyl (C=O) groups is 1. The van der Waals surface area contributed by atoms with Crippen LogP contribution in [0.4, 0.5) is 5.69 Å². The largest absolute Gasteiger partial charge is 0.506 e. The normalized spacial score (nSPS) is 15.6. The summed E-state index contributed by atoms with van der Waals surface area (Å²) in [5.74, 6) is 0.909. The predicted molar refractivity (Wildman–Crippen MR) is 84.8 cm³/mol. The molecule has 2 N–H and O–H groups in total. The minimum Gasteiger partial charge on any atom is -0.506 e. The highest BCUT2D eigenvalue weighted by Gasteiger charge is 2.23. The Kier molecular flexibility index (Phi) is 4.52. The minimum absolute atomic E-state index is 0.245. The predicted octanol–water partition coefficient (Wildman–Crippen LogP) is 0.677. The molecule has 2 heterocycles. The Morgan fingerprint density at radius 1 is 1.26 bits per heavy atom. The van der Waals surface area contributed by atoms with Crippen molar-refractivity contribution in [1.82, 2.24) is 0 Å². The molecule has 0 amide bonds. The molecular formula is C17H21N2O4+. The number of ether oxygens (including phenoxy) is 1. The summed E-state index contributed by atoms with van der Waals surface area (Å²) in [6.07, 6.45) is 0. The molecule has 2 aromatic rings. The number of phenolic OH excluding ortho intramolecular Hbond substituents is 1. The number of nitrogens with one attached hydrogen (secondary N) is 1. The van der Waals surface area contributed by atoms with Crippen LogP contribution in [0.3, 0.4) is 0 Å². The van der Waals surface area contributed by atoms with Gasteiger partial charge in [0.15, 0.2) is 5.76 Å². The van der Waals surface area contributed by atoms with Crippen LogP contribution in [0, 0.1) is 0 Å². The first kappa shape index (κ1) is 15.4. The van der Waals surface area contributed by atoms with Crippen LogP contribution >= 0.6 is 0 Å². The number of benzene rings is 1. The van der Waals surface area contributed by atoms with E-state index in [9.17, 15) is 9.90 Å². The summed E-state index contributed by atoms with van der Waals surface area (Å²) >= 11 is 0. The molecule has 1 fully saturated rings. The molecular weight excluding hydrogens is 296 g/mol. The van der Waals surface area contributed by atoms with Gasteiger partial charge in [-0.15, -0.1) is 0 Å². The lowest BCUT2D eigenvalue weighted by Gasteiger charge is -2.33. The zero-order valence-electron chi connectivity index (χ0n) is 13.1. The molecule has 0 aliphatic carbocycles. The molecule has 0 spiro atoms. The number of phenols is 1. The minimum atomic E-state index is -0.448. The van der Waals surface area contributed by atoms with Gasteiger partial charge in [-0.05, 0) is 24.3 Å². The molecule has 1 aliphatic rings. The quantitative estimate of drug-likeness (QED) is 0.812. The van der Waals surface area contributed by atoms with E-state index in [-0.39, 0.29) is 5.76 Å². The number of hydrogen-bond donors (Lipinski definition) is 2. The van der Waals surface area contributed by atoms with Gasteiger partial charge in [0.2, 0.25) is 5.76 Å². The molecule has 1 aromatic carbocycles. The molecule has 23 heavy (non-hydrogen) atoms. The molecule has 0 saturated carbocycles. The van der Waals surface area contributed by atoms with Crippen molar-refractivity contribution in [2.45, 2.75) is 6.54 Å². The SMILES string of the molecule is COC(=O)c1ccc(C[NH+]2CCN(c3ccccc3O)CC2)o1. The van der Waals surface area contributed by atoms with E-state index >= 15 is 0 Å². The van der Waals surface area contributed by atoms with Gasteiger partial charge < -0.3 is 24.1 Å². The number of quaternary nitrogens is 1. The maximum absolute atomic E-state index is 11.4.